The second-order valence-corrected chi connectivity index (χ2v) is 7.00. The van der Waals surface area contributed by atoms with E-state index in [-0.39, 0.29) is 18.4 Å². The number of methoxy groups -OCH3 is 2. The highest BCUT2D eigenvalue weighted by Gasteiger charge is 2.17. The van der Waals surface area contributed by atoms with Crippen molar-refractivity contribution in [2.45, 2.75) is 19.8 Å². The zero-order valence-electron chi connectivity index (χ0n) is 18.1. The predicted octanol–water partition coefficient (Wildman–Crippen LogP) is 2.89. The molecule has 0 spiro atoms. The number of aryl methyl sites for hydroxylation is 1. The van der Waals surface area contributed by atoms with E-state index in [4.69, 9.17) is 18.9 Å². The molecule has 2 aromatic carbocycles. The first kappa shape index (κ1) is 22.3. The molecule has 0 aliphatic carbocycles. The van der Waals surface area contributed by atoms with Crippen LogP contribution >= 0.6 is 0 Å². The van der Waals surface area contributed by atoms with Crippen LogP contribution in [0.2, 0.25) is 0 Å². The first-order chi connectivity index (χ1) is 15.0. The van der Waals surface area contributed by atoms with Gasteiger partial charge in [0.1, 0.15) is 13.2 Å². The molecule has 1 heterocycles. The number of fused-ring (bicyclic) bond motifs is 1. The third-order valence-electron chi connectivity index (χ3n) is 4.97. The van der Waals surface area contributed by atoms with Gasteiger partial charge in [-0.15, -0.1) is 0 Å². The summed E-state index contributed by atoms with van der Waals surface area (Å²) in [7, 11) is 3.15. The molecule has 0 aromatic heterocycles. The summed E-state index contributed by atoms with van der Waals surface area (Å²) in [6.45, 7) is 3.26. The number of benzene rings is 2. The smallest absolute Gasteiger partial charge is 0.243 e. The Labute approximate surface area is 182 Å². The Morgan fingerprint density at radius 3 is 2.45 bits per heavy atom. The van der Waals surface area contributed by atoms with Crippen LogP contribution in [0.3, 0.4) is 0 Å². The molecule has 1 aliphatic rings. The molecule has 0 radical (unpaired) electrons. The molecule has 3 rings (SSSR count). The minimum atomic E-state index is -0.266. The second-order valence-electron chi connectivity index (χ2n) is 7.00. The maximum Gasteiger partial charge on any atom is 0.243 e. The molecule has 8 heteroatoms. The first-order valence-corrected chi connectivity index (χ1v) is 10.2. The van der Waals surface area contributed by atoms with Crippen molar-refractivity contribution in [2.75, 3.05) is 45.8 Å². The summed E-state index contributed by atoms with van der Waals surface area (Å²) in [5, 5.41) is 2.81. The number of amides is 2. The number of carbonyl (C=O) groups excluding carboxylic acids is 2. The van der Waals surface area contributed by atoms with Gasteiger partial charge in [-0.3, -0.25) is 9.59 Å². The van der Waals surface area contributed by atoms with E-state index in [1.165, 1.54) is 4.90 Å². The van der Waals surface area contributed by atoms with Crippen LogP contribution in [0.25, 0.3) is 0 Å². The van der Waals surface area contributed by atoms with Crippen LogP contribution in [-0.2, 0) is 16.0 Å². The Bertz CT molecular complexity index is 930. The standard InChI is InChI=1S/C23H28N2O6/c1-4-25(23(27)10-6-16-5-8-18(28-2)20(13-16)29-3)15-22(26)24-17-7-9-19-21(14-17)31-12-11-30-19/h5,7-9,13-14H,4,6,10-12,15H2,1-3H3,(H,24,26). The van der Waals surface area contributed by atoms with Crippen molar-refractivity contribution < 1.29 is 28.5 Å². The number of likely N-dealkylation sites (N-methyl/N-ethyl adjacent to an activating group) is 1. The number of nitrogens with zero attached hydrogens (tertiary/aromatic N) is 1. The van der Waals surface area contributed by atoms with Crippen molar-refractivity contribution in [3.8, 4) is 23.0 Å². The number of hydrogen-bond acceptors (Lipinski definition) is 6. The molecule has 31 heavy (non-hydrogen) atoms. The van der Waals surface area contributed by atoms with Gasteiger partial charge in [-0.25, -0.2) is 0 Å². The van der Waals surface area contributed by atoms with Gasteiger partial charge in [-0.2, -0.15) is 0 Å². The monoisotopic (exact) mass is 428 g/mol. The highest BCUT2D eigenvalue weighted by atomic mass is 16.6. The molecule has 0 atom stereocenters. The van der Waals surface area contributed by atoms with Crippen molar-refractivity contribution in [1.29, 1.82) is 0 Å². The highest BCUT2D eigenvalue weighted by molar-refractivity contribution is 5.94. The van der Waals surface area contributed by atoms with Crippen molar-refractivity contribution in [3.63, 3.8) is 0 Å². The van der Waals surface area contributed by atoms with Crippen LogP contribution in [0.15, 0.2) is 36.4 Å². The lowest BCUT2D eigenvalue weighted by molar-refractivity contribution is -0.134. The van der Waals surface area contributed by atoms with E-state index in [1.54, 1.807) is 32.4 Å². The summed E-state index contributed by atoms with van der Waals surface area (Å²) >= 11 is 0. The van der Waals surface area contributed by atoms with Gasteiger partial charge in [0, 0.05) is 24.7 Å². The van der Waals surface area contributed by atoms with E-state index in [9.17, 15) is 9.59 Å². The number of carbonyl (C=O) groups is 2. The number of anilines is 1. The third kappa shape index (κ3) is 5.81. The summed E-state index contributed by atoms with van der Waals surface area (Å²) in [6.07, 6.45) is 0.833. The number of rotatable bonds is 9. The van der Waals surface area contributed by atoms with Crippen LogP contribution in [-0.4, -0.2) is 57.2 Å². The molecule has 2 aromatic rings. The summed E-state index contributed by atoms with van der Waals surface area (Å²) in [5.74, 6) is 2.17. The minimum Gasteiger partial charge on any atom is -0.493 e. The van der Waals surface area contributed by atoms with Gasteiger partial charge in [-0.1, -0.05) is 6.07 Å². The maximum absolute atomic E-state index is 12.7. The number of ether oxygens (including phenoxy) is 4. The molecule has 166 valence electrons. The van der Waals surface area contributed by atoms with Crippen molar-refractivity contribution in [1.82, 2.24) is 4.90 Å². The Morgan fingerprint density at radius 2 is 1.74 bits per heavy atom. The van der Waals surface area contributed by atoms with Crippen LogP contribution in [0.1, 0.15) is 18.9 Å². The molecule has 8 nitrogen and oxygen atoms in total. The van der Waals surface area contributed by atoms with Crippen LogP contribution < -0.4 is 24.3 Å². The van der Waals surface area contributed by atoms with E-state index in [2.05, 4.69) is 5.32 Å². The van der Waals surface area contributed by atoms with Gasteiger partial charge in [0.2, 0.25) is 11.8 Å². The Morgan fingerprint density at radius 1 is 1.00 bits per heavy atom. The first-order valence-electron chi connectivity index (χ1n) is 10.2. The van der Waals surface area contributed by atoms with E-state index in [1.807, 2.05) is 25.1 Å². The number of nitrogens with one attached hydrogen (secondary N) is 1. The molecular formula is C23H28N2O6. The summed E-state index contributed by atoms with van der Waals surface area (Å²) in [4.78, 5) is 26.7. The predicted molar refractivity (Wildman–Crippen MR) is 116 cm³/mol. The lowest BCUT2D eigenvalue weighted by atomic mass is 10.1. The van der Waals surface area contributed by atoms with E-state index in [0.717, 1.165) is 5.56 Å². The Balaban J connectivity index is 1.54. The molecule has 0 bridgehead atoms. The van der Waals surface area contributed by atoms with Crippen molar-refractivity contribution in [3.05, 3.63) is 42.0 Å². The third-order valence-corrected chi connectivity index (χ3v) is 4.97. The number of hydrogen-bond donors (Lipinski definition) is 1. The van der Waals surface area contributed by atoms with Crippen LogP contribution in [0, 0.1) is 0 Å². The average molecular weight is 428 g/mol. The lowest BCUT2D eigenvalue weighted by Crippen LogP contribution is -2.38. The Kier molecular flexibility index (Phi) is 7.59. The topological polar surface area (TPSA) is 86.3 Å². The van der Waals surface area contributed by atoms with Gasteiger partial charge in [-0.05, 0) is 43.2 Å². The van der Waals surface area contributed by atoms with Gasteiger partial charge in [0.05, 0.1) is 20.8 Å². The molecule has 0 unspecified atom stereocenters. The normalized spacial score (nSPS) is 12.1. The molecule has 2 amide bonds. The van der Waals surface area contributed by atoms with Crippen molar-refractivity contribution >= 4 is 17.5 Å². The average Bonchev–Trinajstić information content (AvgIpc) is 2.80. The fourth-order valence-corrected chi connectivity index (χ4v) is 3.32. The van der Waals surface area contributed by atoms with Gasteiger partial charge in [0.25, 0.3) is 0 Å². The minimum absolute atomic E-state index is 0.0181. The molecule has 0 saturated heterocycles. The fourth-order valence-electron chi connectivity index (χ4n) is 3.32. The molecular weight excluding hydrogens is 400 g/mol. The second kappa shape index (κ2) is 10.6. The quantitative estimate of drug-likeness (QED) is 0.661. The molecule has 1 N–H and O–H groups in total. The summed E-state index contributed by atoms with van der Waals surface area (Å²) in [5.41, 5.74) is 1.56. The largest absolute Gasteiger partial charge is 0.493 e. The zero-order chi connectivity index (χ0) is 22.2. The van der Waals surface area contributed by atoms with E-state index >= 15 is 0 Å². The van der Waals surface area contributed by atoms with E-state index in [0.29, 0.717) is 61.3 Å². The van der Waals surface area contributed by atoms with Gasteiger partial charge < -0.3 is 29.2 Å². The highest BCUT2D eigenvalue weighted by Crippen LogP contribution is 2.32. The fraction of sp³-hybridized carbons (Fsp3) is 0.391. The summed E-state index contributed by atoms with van der Waals surface area (Å²) < 4.78 is 21.6. The summed E-state index contributed by atoms with van der Waals surface area (Å²) in [6, 6.07) is 10.8. The SMILES string of the molecule is CCN(CC(=O)Nc1ccc2c(c1)OCCO2)C(=O)CCc1ccc(OC)c(OC)c1. The zero-order valence-corrected chi connectivity index (χ0v) is 18.1. The lowest BCUT2D eigenvalue weighted by Gasteiger charge is -2.21. The van der Waals surface area contributed by atoms with Gasteiger partial charge in [0.15, 0.2) is 23.0 Å². The van der Waals surface area contributed by atoms with Gasteiger partial charge >= 0.3 is 0 Å². The van der Waals surface area contributed by atoms with E-state index < -0.39 is 0 Å². The van der Waals surface area contributed by atoms with Crippen LogP contribution in [0.4, 0.5) is 5.69 Å². The maximum atomic E-state index is 12.7. The van der Waals surface area contributed by atoms with Crippen LogP contribution in [0.5, 0.6) is 23.0 Å². The Hall–Kier alpha value is -3.42. The molecule has 0 fully saturated rings. The molecule has 0 saturated carbocycles. The molecule has 1 aliphatic heterocycles. The van der Waals surface area contributed by atoms with Crippen molar-refractivity contribution in [2.24, 2.45) is 0 Å².